The quantitative estimate of drug-likeness (QED) is 0.819. The van der Waals surface area contributed by atoms with Crippen molar-refractivity contribution in [2.45, 2.75) is 26.0 Å². The molecular weight excluding hydrogens is 290 g/mol. The minimum absolute atomic E-state index is 0.221. The van der Waals surface area contributed by atoms with Crippen molar-refractivity contribution in [3.05, 3.63) is 47.8 Å². The van der Waals surface area contributed by atoms with Gasteiger partial charge < -0.3 is 9.47 Å². The van der Waals surface area contributed by atoms with Crippen LogP contribution in [0.15, 0.2) is 36.7 Å². The summed E-state index contributed by atoms with van der Waals surface area (Å²) in [6.07, 6.45) is 5.24. The van der Waals surface area contributed by atoms with Gasteiger partial charge in [0.1, 0.15) is 5.75 Å². The van der Waals surface area contributed by atoms with Crippen LogP contribution < -0.4 is 4.74 Å². The summed E-state index contributed by atoms with van der Waals surface area (Å²) in [4.78, 5) is 2.48. The lowest BCUT2D eigenvalue weighted by atomic mass is 10.1. The van der Waals surface area contributed by atoms with Gasteiger partial charge in [-0.2, -0.15) is 5.10 Å². The van der Waals surface area contributed by atoms with E-state index in [0.717, 1.165) is 45.0 Å². The van der Waals surface area contributed by atoms with E-state index in [2.05, 4.69) is 35.3 Å². The fourth-order valence-corrected chi connectivity index (χ4v) is 2.95. The number of hydrogen-bond donors (Lipinski definition) is 0. The molecule has 124 valence electrons. The maximum atomic E-state index is 5.88. The number of aromatic nitrogens is 2. The van der Waals surface area contributed by atoms with Gasteiger partial charge in [0.25, 0.3) is 0 Å². The van der Waals surface area contributed by atoms with E-state index in [9.17, 15) is 0 Å². The highest BCUT2D eigenvalue weighted by molar-refractivity contribution is 5.27. The first-order valence-electron chi connectivity index (χ1n) is 8.19. The smallest absolute Gasteiger partial charge is 0.118 e. The van der Waals surface area contributed by atoms with Gasteiger partial charge in [0, 0.05) is 25.8 Å². The molecule has 1 atom stereocenters. The molecule has 2 aromatic rings. The van der Waals surface area contributed by atoms with E-state index >= 15 is 0 Å². The van der Waals surface area contributed by atoms with Gasteiger partial charge in [0.05, 0.1) is 32.6 Å². The summed E-state index contributed by atoms with van der Waals surface area (Å²) < 4.78 is 13.1. The highest BCUT2D eigenvalue weighted by atomic mass is 16.5. The molecule has 1 saturated heterocycles. The molecule has 1 aromatic carbocycles. The highest BCUT2D eigenvalue weighted by Crippen LogP contribution is 2.13. The number of morpholine rings is 1. The summed E-state index contributed by atoms with van der Waals surface area (Å²) >= 11 is 0. The molecule has 1 fully saturated rings. The lowest BCUT2D eigenvalue weighted by molar-refractivity contribution is -0.0370. The van der Waals surface area contributed by atoms with Gasteiger partial charge in [-0.3, -0.25) is 9.58 Å². The van der Waals surface area contributed by atoms with Crippen LogP contribution >= 0.6 is 0 Å². The first kappa shape index (κ1) is 16.0. The predicted octanol–water partition coefficient (Wildman–Crippen LogP) is 2.14. The van der Waals surface area contributed by atoms with Gasteiger partial charge in [-0.1, -0.05) is 12.1 Å². The van der Waals surface area contributed by atoms with Crippen LogP contribution in [0.25, 0.3) is 0 Å². The second-order valence-electron chi connectivity index (χ2n) is 6.13. The van der Waals surface area contributed by atoms with Crippen LogP contribution in [-0.2, 0) is 17.7 Å². The Morgan fingerprint density at radius 3 is 2.83 bits per heavy atom. The lowest BCUT2D eigenvalue weighted by Crippen LogP contribution is -2.44. The molecule has 0 radical (unpaired) electrons. The molecule has 5 nitrogen and oxygen atoms in total. The summed E-state index contributed by atoms with van der Waals surface area (Å²) in [5.41, 5.74) is 2.54. The molecule has 0 bridgehead atoms. The van der Waals surface area contributed by atoms with Crippen molar-refractivity contribution < 1.29 is 9.47 Å². The molecule has 23 heavy (non-hydrogen) atoms. The molecule has 1 unspecified atom stereocenters. The highest BCUT2D eigenvalue weighted by Gasteiger charge is 2.20. The van der Waals surface area contributed by atoms with Crippen LogP contribution in [-0.4, -0.2) is 54.1 Å². The van der Waals surface area contributed by atoms with Gasteiger partial charge in [-0.25, -0.2) is 0 Å². The lowest BCUT2D eigenvalue weighted by Gasteiger charge is -2.32. The van der Waals surface area contributed by atoms with E-state index in [4.69, 9.17) is 9.47 Å². The van der Waals surface area contributed by atoms with Crippen LogP contribution in [0.4, 0.5) is 0 Å². The van der Waals surface area contributed by atoms with E-state index in [1.54, 1.807) is 7.11 Å². The van der Waals surface area contributed by atoms with Crippen molar-refractivity contribution in [3.63, 3.8) is 0 Å². The zero-order chi connectivity index (χ0) is 16.1. The van der Waals surface area contributed by atoms with Gasteiger partial charge in [0.2, 0.25) is 0 Å². The third-order valence-electron chi connectivity index (χ3n) is 4.25. The van der Waals surface area contributed by atoms with Gasteiger partial charge >= 0.3 is 0 Å². The molecule has 0 spiro atoms. The van der Waals surface area contributed by atoms with Crippen LogP contribution in [0.5, 0.6) is 5.75 Å². The number of rotatable bonds is 6. The van der Waals surface area contributed by atoms with Crippen molar-refractivity contribution in [2.75, 3.05) is 33.4 Å². The van der Waals surface area contributed by atoms with Crippen molar-refractivity contribution in [2.24, 2.45) is 0 Å². The van der Waals surface area contributed by atoms with Crippen molar-refractivity contribution in [1.82, 2.24) is 14.7 Å². The average molecular weight is 315 g/mol. The Bertz CT molecular complexity index is 609. The Morgan fingerprint density at radius 2 is 2.13 bits per heavy atom. The summed E-state index contributed by atoms with van der Waals surface area (Å²) in [5, 5.41) is 4.35. The number of nitrogens with zero attached hydrogens (tertiary/aromatic N) is 3. The zero-order valence-corrected chi connectivity index (χ0v) is 13.9. The maximum Gasteiger partial charge on any atom is 0.118 e. The molecule has 0 N–H and O–H groups in total. The van der Waals surface area contributed by atoms with E-state index in [1.807, 2.05) is 23.0 Å². The van der Waals surface area contributed by atoms with E-state index in [0.29, 0.717) is 0 Å². The molecule has 2 heterocycles. The molecule has 3 rings (SSSR count). The largest absolute Gasteiger partial charge is 0.497 e. The summed E-state index contributed by atoms with van der Waals surface area (Å²) in [5.74, 6) is 0.912. The maximum absolute atomic E-state index is 5.88. The standard InChI is InChI=1S/C18H25N3O2/c1-15-11-19-21(12-15)14-18-13-20(9-10-23-18)8-7-16-3-5-17(22-2)6-4-16/h3-6,11-12,18H,7-10,13-14H2,1-2H3. The molecule has 0 saturated carbocycles. The number of aryl methyl sites for hydroxylation is 1. The molecule has 0 amide bonds. The van der Waals surface area contributed by atoms with Crippen LogP contribution in [0.3, 0.4) is 0 Å². The SMILES string of the molecule is COc1ccc(CCN2CCOC(Cn3cc(C)cn3)C2)cc1. The Balaban J connectivity index is 1.48. The number of methoxy groups -OCH3 is 1. The van der Waals surface area contributed by atoms with Crippen LogP contribution in [0, 0.1) is 6.92 Å². The molecular formula is C18H25N3O2. The summed E-state index contributed by atoms with van der Waals surface area (Å²) in [7, 11) is 1.70. The topological polar surface area (TPSA) is 39.5 Å². The monoisotopic (exact) mass is 315 g/mol. The Hall–Kier alpha value is -1.85. The number of ether oxygens (including phenoxy) is 2. The normalized spacial score (nSPS) is 19.0. The molecule has 1 aliphatic heterocycles. The Labute approximate surface area is 137 Å². The third kappa shape index (κ3) is 4.56. The summed E-state index contributed by atoms with van der Waals surface area (Å²) in [6, 6.07) is 8.33. The summed E-state index contributed by atoms with van der Waals surface area (Å²) in [6.45, 7) is 6.72. The van der Waals surface area contributed by atoms with E-state index in [-0.39, 0.29) is 6.10 Å². The van der Waals surface area contributed by atoms with Gasteiger partial charge in [0.15, 0.2) is 0 Å². The molecule has 1 aliphatic rings. The van der Waals surface area contributed by atoms with E-state index < -0.39 is 0 Å². The van der Waals surface area contributed by atoms with Crippen molar-refractivity contribution in [3.8, 4) is 5.75 Å². The van der Waals surface area contributed by atoms with E-state index in [1.165, 1.54) is 11.1 Å². The average Bonchev–Trinajstić information content (AvgIpc) is 2.99. The van der Waals surface area contributed by atoms with Gasteiger partial charge in [-0.15, -0.1) is 0 Å². The van der Waals surface area contributed by atoms with Crippen LogP contribution in [0.1, 0.15) is 11.1 Å². The van der Waals surface area contributed by atoms with Crippen LogP contribution in [0.2, 0.25) is 0 Å². The molecule has 5 heteroatoms. The Morgan fingerprint density at radius 1 is 1.30 bits per heavy atom. The zero-order valence-electron chi connectivity index (χ0n) is 13.9. The molecule has 1 aromatic heterocycles. The predicted molar refractivity (Wildman–Crippen MR) is 89.8 cm³/mol. The first-order valence-corrected chi connectivity index (χ1v) is 8.19. The van der Waals surface area contributed by atoms with Crippen molar-refractivity contribution >= 4 is 0 Å². The van der Waals surface area contributed by atoms with Crippen molar-refractivity contribution in [1.29, 1.82) is 0 Å². The Kier molecular flexibility index (Phi) is 5.31. The van der Waals surface area contributed by atoms with Gasteiger partial charge in [-0.05, 0) is 36.6 Å². The fourth-order valence-electron chi connectivity index (χ4n) is 2.95. The number of benzene rings is 1. The second kappa shape index (κ2) is 7.62. The fraction of sp³-hybridized carbons (Fsp3) is 0.500. The number of hydrogen-bond acceptors (Lipinski definition) is 4. The second-order valence-corrected chi connectivity index (χ2v) is 6.13. The minimum atomic E-state index is 0.221. The third-order valence-corrected chi connectivity index (χ3v) is 4.25. The minimum Gasteiger partial charge on any atom is -0.497 e. The first-order chi connectivity index (χ1) is 11.2. The molecule has 0 aliphatic carbocycles.